The summed E-state index contributed by atoms with van der Waals surface area (Å²) < 4.78 is 0. The number of amides is 3. The Morgan fingerprint density at radius 3 is 1.96 bits per heavy atom. The maximum atomic E-state index is 12.5. The number of hydrogen-bond acceptors (Lipinski definition) is 2. The van der Waals surface area contributed by atoms with Crippen molar-refractivity contribution in [1.29, 1.82) is 0 Å². The second-order valence-corrected chi connectivity index (χ2v) is 9.49. The van der Waals surface area contributed by atoms with Gasteiger partial charge in [0.25, 0.3) is 0 Å². The van der Waals surface area contributed by atoms with Gasteiger partial charge in [0.1, 0.15) is 6.04 Å². The molecule has 0 aliphatic heterocycles. The number of nitrogens with one attached hydrogen (secondary N) is 2. The van der Waals surface area contributed by atoms with Crippen LogP contribution in [0.5, 0.6) is 0 Å². The fraction of sp³-hybridized carbons (Fsp3) is 0.636. The molecule has 4 N–H and O–H groups in total. The van der Waals surface area contributed by atoms with Crippen LogP contribution in [0.25, 0.3) is 0 Å². The van der Waals surface area contributed by atoms with Crippen molar-refractivity contribution in [2.24, 2.45) is 29.4 Å². The van der Waals surface area contributed by atoms with E-state index in [4.69, 9.17) is 5.73 Å². The van der Waals surface area contributed by atoms with Gasteiger partial charge in [-0.05, 0) is 85.3 Å². The zero-order valence-electron chi connectivity index (χ0n) is 16.3. The van der Waals surface area contributed by atoms with Crippen LogP contribution in [-0.4, -0.2) is 18.0 Å². The van der Waals surface area contributed by atoms with E-state index in [2.05, 4.69) is 22.8 Å². The highest BCUT2D eigenvalue weighted by Gasteiger charge is 2.51. The number of carbonyl (C=O) groups is 2. The maximum absolute atomic E-state index is 12.5. The van der Waals surface area contributed by atoms with E-state index in [9.17, 15) is 9.59 Å². The molecule has 1 aromatic rings. The predicted octanol–water partition coefficient (Wildman–Crippen LogP) is 3.79. The molecule has 4 aliphatic carbocycles. The summed E-state index contributed by atoms with van der Waals surface area (Å²) in [4.78, 5) is 23.7. The quantitative estimate of drug-likeness (QED) is 0.738. The molecule has 1 atom stereocenters. The summed E-state index contributed by atoms with van der Waals surface area (Å²) in [6, 6.07) is 7.11. The van der Waals surface area contributed by atoms with Crippen LogP contribution in [0.1, 0.15) is 57.9 Å². The molecule has 4 fully saturated rings. The molecule has 0 spiro atoms. The topological polar surface area (TPSA) is 84.2 Å². The molecular formula is C22H31N3O2. The van der Waals surface area contributed by atoms with Crippen LogP contribution in [-0.2, 0) is 10.2 Å². The Balaban J connectivity index is 1.46. The summed E-state index contributed by atoms with van der Waals surface area (Å²) in [5.74, 6) is 2.49. The van der Waals surface area contributed by atoms with E-state index < -0.39 is 12.1 Å². The molecule has 5 heteroatoms. The van der Waals surface area contributed by atoms with Gasteiger partial charge < -0.3 is 16.4 Å². The number of urea groups is 1. The molecule has 4 saturated carbocycles. The summed E-state index contributed by atoms with van der Waals surface area (Å²) >= 11 is 0. The summed E-state index contributed by atoms with van der Waals surface area (Å²) in [6.07, 6.45) is 8.33. The van der Waals surface area contributed by atoms with Gasteiger partial charge in [-0.2, -0.15) is 0 Å². The third kappa shape index (κ3) is 3.56. The van der Waals surface area contributed by atoms with Gasteiger partial charge in [-0.3, -0.25) is 4.79 Å². The Hall–Kier alpha value is -2.04. The van der Waals surface area contributed by atoms with Crippen LogP contribution < -0.4 is 16.4 Å². The van der Waals surface area contributed by atoms with Crippen LogP contribution in [0.3, 0.4) is 0 Å². The lowest BCUT2D eigenvalue weighted by molar-refractivity contribution is -0.118. The smallest absolute Gasteiger partial charge is 0.312 e. The molecule has 0 radical (unpaired) electrons. The Morgan fingerprint density at radius 2 is 1.52 bits per heavy atom. The third-order valence-corrected chi connectivity index (χ3v) is 7.05. The summed E-state index contributed by atoms with van der Waals surface area (Å²) in [6.45, 7) is 3.77. The van der Waals surface area contributed by atoms with Crippen molar-refractivity contribution in [3.8, 4) is 0 Å². The van der Waals surface area contributed by atoms with Crippen molar-refractivity contribution in [2.45, 2.75) is 63.8 Å². The van der Waals surface area contributed by atoms with Crippen molar-refractivity contribution < 1.29 is 9.59 Å². The average molecular weight is 370 g/mol. The molecule has 5 rings (SSSR count). The van der Waals surface area contributed by atoms with Gasteiger partial charge in [0.05, 0.1) is 0 Å². The van der Waals surface area contributed by atoms with Crippen LogP contribution in [0.4, 0.5) is 10.5 Å². The molecule has 5 nitrogen and oxygen atoms in total. The van der Waals surface area contributed by atoms with Gasteiger partial charge in [0.2, 0.25) is 5.91 Å². The number of carbonyl (C=O) groups excluding carboxylic acids is 2. The van der Waals surface area contributed by atoms with E-state index in [0.29, 0.717) is 5.41 Å². The van der Waals surface area contributed by atoms with Crippen molar-refractivity contribution in [3.63, 3.8) is 0 Å². The van der Waals surface area contributed by atoms with Gasteiger partial charge in [0.15, 0.2) is 0 Å². The highest BCUT2D eigenvalue weighted by Crippen LogP contribution is 2.60. The number of rotatable bonds is 5. The van der Waals surface area contributed by atoms with Crippen LogP contribution in [0.2, 0.25) is 0 Å². The van der Waals surface area contributed by atoms with E-state index in [1.807, 2.05) is 26.0 Å². The third-order valence-electron chi connectivity index (χ3n) is 7.05. The molecule has 4 bridgehead atoms. The van der Waals surface area contributed by atoms with E-state index in [1.54, 1.807) is 0 Å². The molecule has 4 aliphatic rings. The Morgan fingerprint density at radius 1 is 1.00 bits per heavy atom. The monoisotopic (exact) mass is 369 g/mol. The maximum Gasteiger partial charge on any atom is 0.312 e. The number of benzene rings is 1. The summed E-state index contributed by atoms with van der Waals surface area (Å²) in [5.41, 5.74) is 7.77. The molecule has 27 heavy (non-hydrogen) atoms. The van der Waals surface area contributed by atoms with E-state index in [1.165, 1.54) is 44.1 Å². The van der Waals surface area contributed by atoms with Crippen LogP contribution in [0, 0.1) is 23.7 Å². The van der Waals surface area contributed by atoms with E-state index >= 15 is 0 Å². The first-order valence-corrected chi connectivity index (χ1v) is 10.3. The van der Waals surface area contributed by atoms with Crippen molar-refractivity contribution in [3.05, 3.63) is 29.8 Å². The summed E-state index contributed by atoms with van der Waals surface area (Å²) in [5, 5.41) is 5.45. The molecular weight excluding hydrogens is 338 g/mol. The van der Waals surface area contributed by atoms with E-state index in [0.717, 1.165) is 23.4 Å². The summed E-state index contributed by atoms with van der Waals surface area (Å²) in [7, 11) is 0. The first-order valence-electron chi connectivity index (χ1n) is 10.3. The Labute approximate surface area is 161 Å². The minimum absolute atomic E-state index is 0.0381. The molecule has 1 aromatic carbocycles. The lowest BCUT2D eigenvalue weighted by atomic mass is 9.48. The Bertz CT molecular complexity index is 690. The first kappa shape index (κ1) is 18.3. The molecule has 0 saturated heterocycles. The molecule has 3 amide bonds. The fourth-order valence-electron chi connectivity index (χ4n) is 6.28. The van der Waals surface area contributed by atoms with E-state index in [-0.39, 0.29) is 11.8 Å². The number of hydrogen-bond donors (Lipinski definition) is 3. The second kappa shape index (κ2) is 6.84. The second-order valence-electron chi connectivity index (χ2n) is 9.49. The minimum Gasteiger partial charge on any atom is -0.352 e. The minimum atomic E-state index is -0.680. The molecule has 1 unspecified atom stereocenters. The van der Waals surface area contributed by atoms with Crippen molar-refractivity contribution in [2.75, 3.05) is 5.32 Å². The largest absolute Gasteiger partial charge is 0.352 e. The molecule has 146 valence electrons. The van der Waals surface area contributed by atoms with Gasteiger partial charge in [-0.25, -0.2) is 4.79 Å². The Kier molecular flexibility index (Phi) is 4.65. The number of anilines is 1. The average Bonchev–Trinajstić information content (AvgIpc) is 2.58. The normalized spacial score (nSPS) is 32.3. The molecule has 0 aromatic heterocycles. The molecule has 0 heterocycles. The van der Waals surface area contributed by atoms with Gasteiger partial charge in [-0.15, -0.1) is 0 Å². The van der Waals surface area contributed by atoms with Crippen molar-refractivity contribution in [1.82, 2.24) is 5.32 Å². The number of primary amides is 1. The first-order chi connectivity index (χ1) is 12.8. The zero-order valence-corrected chi connectivity index (χ0v) is 16.3. The lowest BCUT2D eigenvalue weighted by Gasteiger charge is -2.57. The predicted molar refractivity (Wildman–Crippen MR) is 106 cm³/mol. The van der Waals surface area contributed by atoms with Gasteiger partial charge in [0, 0.05) is 5.69 Å². The zero-order chi connectivity index (χ0) is 19.2. The lowest BCUT2D eigenvalue weighted by Crippen LogP contribution is -2.49. The van der Waals surface area contributed by atoms with Crippen LogP contribution >= 0.6 is 0 Å². The van der Waals surface area contributed by atoms with Gasteiger partial charge in [-0.1, -0.05) is 26.0 Å². The standard InChI is InChI=1S/C22H31N3O2/c1-13(2)19(25-21(23)27)20(26)24-18-5-3-17(4-6-18)22-10-14-7-15(11-22)9-16(8-14)12-22/h3-6,13-16,19H,7-12H2,1-2H3,(H,24,26)(H3,23,25,27). The SMILES string of the molecule is CC(C)C(NC(N)=O)C(=O)Nc1ccc(C23CC4CC(CC(C4)C2)C3)cc1. The van der Waals surface area contributed by atoms with Crippen molar-refractivity contribution >= 4 is 17.6 Å². The highest BCUT2D eigenvalue weighted by molar-refractivity contribution is 5.97. The van der Waals surface area contributed by atoms with Crippen LogP contribution in [0.15, 0.2) is 24.3 Å². The fourth-order valence-corrected chi connectivity index (χ4v) is 6.28. The number of nitrogens with two attached hydrogens (primary N) is 1. The highest BCUT2D eigenvalue weighted by atomic mass is 16.2. The van der Waals surface area contributed by atoms with Gasteiger partial charge >= 0.3 is 6.03 Å².